The highest BCUT2D eigenvalue weighted by Crippen LogP contribution is 2.43. The second kappa shape index (κ2) is 7.30. The maximum Gasteiger partial charge on any atom is 0.249 e. The fourth-order valence-electron chi connectivity index (χ4n) is 5.26. The summed E-state index contributed by atoms with van der Waals surface area (Å²) in [6.45, 7) is 0.432. The van der Waals surface area contributed by atoms with Crippen LogP contribution in [-0.4, -0.2) is 54.8 Å². The van der Waals surface area contributed by atoms with Crippen LogP contribution in [0.3, 0.4) is 0 Å². The van der Waals surface area contributed by atoms with Crippen molar-refractivity contribution >= 4 is 28.5 Å². The van der Waals surface area contributed by atoms with Crippen LogP contribution in [0.4, 0.5) is 0 Å². The highest BCUT2D eigenvalue weighted by Gasteiger charge is 2.50. The van der Waals surface area contributed by atoms with E-state index in [1.807, 2.05) is 29.2 Å². The van der Waals surface area contributed by atoms with Gasteiger partial charge >= 0.3 is 0 Å². The molecular formula is C22H25N3O4. The van der Waals surface area contributed by atoms with Crippen LogP contribution in [0.15, 0.2) is 39.9 Å². The first-order valence-corrected chi connectivity index (χ1v) is 10.3. The van der Waals surface area contributed by atoms with Crippen molar-refractivity contribution < 1.29 is 18.7 Å². The molecule has 4 atom stereocenters. The third-order valence-corrected chi connectivity index (χ3v) is 6.47. The zero-order valence-corrected chi connectivity index (χ0v) is 16.5. The standard InChI is InChI=1S/C22H25N3O4/c1-28-12-18(26)25-17-8-3-2-7-15(17)24-16-11-23-22(27)19(16)20(25)14-6-4-5-13-9-10-29-21(13)14/h4-6,9-10,15,17,19-20H,2-3,7-8,11-12H2,1H3,(H,23,27)/t15-,17?,19?,20-/m1/s1. The number of nitrogens with one attached hydrogen (secondary N) is 1. The molecule has 152 valence electrons. The van der Waals surface area contributed by atoms with Gasteiger partial charge in [0.05, 0.1) is 30.9 Å². The molecule has 1 saturated heterocycles. The summed E-state index contributed by atoms with van der Waals surface area (Å²) < 4.78 is 11.0. The average Bonchev–Trinajstić information content (AvgIpc) is 3.30. The quantitative estimate of drug-likeness (QED) is 0.865. The molecule has 1 aromatic heterocycles. The van der Waals surface area contributed by atoms with Gasteiger partial charge in [0.1, 0.15) is 18.1 Å². The number of carbonyl (C=O) groups excluding carboxylic acids is 2. The Labute approximate surface area is 169 Å². The van der Waals surface area contributed by atoms with Gasteiger partial charge in [-0.3, -0.25) is 14.6 Å². The third-order valence-electron chi connectivity index (χ3n) is 6.47. The third kappa shape index (κ3) is 2.95. The van der Waals surface area contributed by atoms with Crippen LogP contribution in [0.5, 0.6) is 0 Å². The van der Waals surface area contributed by atoms with Crippen molar-refractivity contribution in [1.29, 1.82) is 0 Å². The fourth-order valence-corrected chi connectivity index (χ4v) is 5.26. The van der Waals surface area contributed by atoms with E-state index < -0.39 is 12.0 Å². The molecule has 7 heteroatoms. The summed E-state index contributed by atoms with van der Waals surface area (Å²) in [5.41, 5.74) is 2.44. The molecule has 0 spiro atoms. The van der Waals surface area contributed by atoms with Crippen molar-refractivity contribution in [3.63, 3.8) is 0 Å². The number of rotatable bonds is 3. The molecule has 1 aliphatic carbocycles. The molecule has 2 fully saturated rings. The number of fused-ring (bicyclic) bond motifs is 3. The highest BCUT2D eigenvalue weighted by molar-refractivity contribution is 6.12. The van der Waals surface area contributed by atoms with E-state index in [4.69, 9.17) is 14.1 Å². The molecule has 7 nitrogen and oxygen atoms in total. The minimum absolute atomic E-state index is 0.0163. The van der Waals surface area contributed by atoms with Gasteiger partial charge in [0.2, 0.25) is 11.8 Å². The first-order valence-electron chi connectivity index (χ1n) is 10.3. The molecule has 2 aliphatic heterocycles. The Bertz CT molecular complexity index is 981. The van der Waals surface area contributed by atoms with Crippen molar-refractivity contribution in [3.8, 4) is 0 Å². The number of hydrogen-bond donors (Lipinski definition) is 1. The van der Waals surface area contributed by atoms with Gasteiger partial charge in [0.15, 0.2) is 0 Å². The summed E-state index contributed by atoms with van der Waals surface area (Å²) in [5, 5.41) is 3.91. The van der Waals surface area contributed by atoms with E-state index >= 15 is 0 Å². The number of para-hydroxylation sites is 1. The summed E-state index contributed by atoms with van der Waals surface area (Å²) in [7, 11) is 1.53. The van der Waals surface area contributed by atoms with E-state index in [0.29, 0.717) is 6.54 Å². The topological polar surface area (TPSA) is 84.1 Å². The monoisotopic (exact) mass is 395 g/mol. The average molecular weight is 395 g/mol. The lowest BCUT2D eigenvalue weighted by Gasteiger charge is -2.42. The maximum atomic E-state index is 13.3. The molecule has 2 aromatic rings. The Balaban J connectivity index is 1.72. The molecule has 5 rings (SSSR count). The summed E-state index contributed by atoms with van der Waals surface area (Å²) in [4.78, 5) is 33.2. The number of nitrogens with zero attached hydrogens (tertiary/aromatic N) is 2. The SMILES string of the molecule is COCC(=O)N1C2CCCC[C@H]2N=C2CNC(=O)C2[C@H]1c1cccc2ccoc12. The summed E-state index contributed by atoms with van der Waals surface area (Å²) >= 11 is 0. The van der Waals surface area contributed by atoms with Crippen LogP contribution in [0, 0.1) is 5.92 Å². The molecule has 2 unspecified atom stereocenters. The number of amides is 2. The molecule has 1 N–H and O–H groups in total. The lowest BCUT2D eigenvalue weighted by atomic mass is 9.85. The first-order chi connectivity index (χ1) is 14.2. The van der Waals surface area contributed by atoms with Gasteiger partial charge in [-0.2, -0.15) is 0 Å². The Kier molecular flexibility index (Phi) is 4.62. The number of methoxy groups -OCH3 is 1. The first kappa shape index (κ1) is 18.4. The van der Waals surface area contributed by atoms with Crippen LogP contribution in [0.1, 0.15) is 37.3 Å². The van der Waals surface area contributed by atoms with Crippen molar-refractivity contribution in [3.05, 3.63) is 36.1 Å². The van der Waals surface area contributed by atoms with Crippen LogP contribution < -0.4 is 5.32 Å². The second-order valence-corrected chi connectivity index (χ2v) is 8.10. The molecule has 0 radical (unpaired) electrons. The van der Waals surface area contributed by atoms with E-state index in [0.717, 1.165) is 47.9 Å². The largest absolute Gasteiger partial charge is 0.464 e. The Morgan fingerprint density at radius 1 is 1.31 bits per heavy atom. The molecule has 3 heterocycles. The Hall–Kier alpha value is -2.67. The van der Waals surface area contributed by atoms with E-state index in [2.05, 4.69) is 5.32 Å². The zero-order chi connectivity index (χ0) is 20.0. The second-order valence-electron chi connectivity index (χ2n) is 8.10. The number of hydrogen-bond acceptors (Lipinski definition) is 5. The summed E-state index contributed by atoms with van der Waals surface area (Å²) in [6, 6.07) is 7.34. The van der Waals surface area contributed by atoms with Gasteiger partial charge in [-0.25, -0.2) is 0 Å². The molecule has 0 bridgehead atoms. The van der Waals surface area contributed by atoms with E-state index in [-0.39, 0.29) is 30.5 Å². The number of aliphatic imine (C=N–C) groups is 1. The van der Waals surface area contributed by atoms with Crippen LogP contribution in [-0.2, 0) is 14.3 Å². The van der Waals surface area contributed by atoms with Gasteiger partial charge in [0.25, 0.3) is 0 Å². The molecule has 2 amide bonds. The van der Waals surface area contributed by atoms with Gasteiger partial charge in [-0.1, -0.05) is 31.0 Å². The lowest BCUT2D eigenvalue weighted by Crippen LogP contribution is -2.52. The van der Waals surface area contributed by atoms with Gasteiger partial charge < -0.3 is 19.4 Å². The van der Waals surface area contributed by atoms with Gasteiger partial charge in [-0.05, 0) is 18.9 Å². The summed E-state index contributed by atoms with van der Waals surface area (Å²) in [5.74, 6) is -0.683. The minimum atomic E-state index is -0.503. The summed E-state index contributed by atoms with van der Waals surface area (Å²) in [6.07, 6.45) is 5.62. The van der Waals surface area contributed by atoms with Crippen molar-refractivity contribution in [2.75, 3.05) is 20.3 Å². The zero-order valence-electron chi connectivity index (χ0n) is 16.5. The Morgan fingerprint density at radius 2 is 2.17 bits per heavy atom. The fraction of sp³-hybridized carbons (Fsp3) is 0.500. The number of benzene rings is 1. The Morgan fingerprint density at radius 3 is 3.03 bits per heavy atom. The van der Waals surface area contributed by atoms with E-state index in [9.17, 15) is 9.59 Å². The smallest absolute Gasteiger partial charge is 0.249 e. The minimum Gasteiger partial charge on any atom is -0.464 e. The molecule has 1 saturated carbocycles. The van der Waals surface area contributed by atoms with Crippen LogP contribution in [0.2, 0.25) is 0 Å². The van der Waals surface area contributed by atoms with Gasteiger partial charge in [0, 0.05) is 23.8 Å². The van der Waals surface area contributed by atoms with Gasteiger partial charge in [-0.15, -0.1) is 0 Å². The van der Waals surface area contributed by atoms with E-state index in [1.165, 1.54) is 7.11 Å². The highest BCUT2D eigenvalue weighted by atomic mass is 16.5. The number of ether oxygens (including phenoxy) is 1. The maximum absolute atomic E-state index is 13.3. The predicted octanol–water partition coefficient (Wildman–Crippen LogP) is 2.46. The van der Waals surface area contributed by atoms with E-state index in [1.54, 1.807) is 6.26 Å². The predicted molar refractivity (Wildman–Crippen MR) is 108 cm³/mol. The lowest BCUT2D eigenvalue weighted by molar-refractivity contribution is -0.143. The number of furan rings is 1. The molecule has 1 aromatic carbocycles. The molecule has 29 heavy (non-hydrogen) atoms. The van der Waals surface area contributed by atoms with Crippen LogP contribution >= 0.6 is 0 Å². The van der Waals surface area contributed by atoms with Crippen molar-refractivity contribution in [1.82, 2.24) is 10.2 Å². The number of carbonyl (C=O) groups is 2. The molecule has 3 aliphatic rings. The van der Waals surface area contributed by atoms with Crippen molar-refractivity contribution in [2.24, 2.45) is 10.9 Å². The normalized spacial score (nSPS) is 29.1. The molecular weight excluding hydrogens is 370 g/mol. The van der Waals surface area contributed by atoms with Crippen LogP contribution in [0.25, 0.3) is 11.0 Å². The van der Waals surface area contributed by atoms with Crippen molar-refractivity contribution in [2.45, 2.75) is 43.8 Å².